The van der Waals surface area contributed by atoms with E-state index in [0.29, 0.717) is 25.9 Å². The summed E-state index contributed by atoms with van der Waals surface area (Å²) in [6.45, 7) is 8.17. The zero-order valence-electron chi connectivity index (χ0n) is 11.4. The highest BCUT2D eigenvalue weighted by atomic mass is 16.5. The van der Waals surface area contributed by atoms with Crippen molar-refractivity contribution in [3.05, 3.63) is 0 Å². The number of ether oxygens (including phenoxy) is 1. The molecule has 0 bridgehead atoms. The molecule has 1 aliphatic heterocycles. The van der Waals surface area contributed by atoms with E-state index in [2.05, 4.69) is 0 Å². The number of carbonyl (C=O) groups is 1. The summed E-state index contributed by atoms with van der Waals surface area (Å²) < 4.78 is 5.58. The van der Waals surface area contributed by atoms with Gasteiger partial charge in [0.05, 0.1) is 11.6 Å². The smallest absolute Gasteiger partial charge is 0.242 e. The van der Waals surface area contributed by atoms with E-state index in [9.17, 15) is 4.79 Å². The molecule has 4 heteroatoms. The first-order valence-electron chi connectivity index (χ1n) is 6.77. The normalized spacial score (nSPS) is 20.6. The zero-order chi connectivity index (χ0) is 12.9. The zero-order valence-corrected chi connectivity index (χ0v) is 11.4. The standard InChI is InChI=1S/C13H26N2O2/c1-4-13(14,5-2)12(16)15(6-3)10-11-8-7-9-17-11/h11H,4-10,14H2,1-3H3. The maximum absolute atomic E-state index is 12.4. The molecule has 0 aromatic rings. The molecule has 17 heavy (non-hydrogen) atoms. The van der Waals surface area contributed by atoms with Crippen molar-refractivity contribution >= 4 is 5.91 Å². The molecule has 4 nitrogen and oxygen atoms in total. The Balaban J connectivity index is 2.62. The molecule has 0 aliphatic carbocycles. The van der Waals surface area contributed by atoms with E-state index in [0.717, 1.165) is 19.4 Å². The first-order valence-corrected chi connectivity index (χ1v) is 6.77. The molecule has 1 heterocycles. The van der Waals surface area contributed by atoms with Gasteiger partial charge in [0.15, 0.2) is 0 Å². The highest BCUT2D eigenvalue weighted by Crippen LogP contribution is 2.18. The van der Waals surface area contributed by atoms with Gasteiger partial charge in [0, 0.05) is 19.7 Å². The molecular formula is C13H26N2O2. The molecule has 1 unspecified atom stereocenters. The second-order valence-electron chi connectivity index (χ2n) is 4.84. The molecule has 0 spiro atoms. The Bertz CT molecular complexity index is 246. The minimum atomic E-state index is -0.700. The predicted octanol–water partition coefficient (Wildman–Crippen LogP) is 1.53. The van der Waals surface area contributed by atoms with Crippen LogP contribution in [-0.4, -0.2) is 42.1 Å². The fourth-order valence-corrected chi connectivity index (χ4v) is 2.26. The van der Waals surface area contributed by atoms with Gasteiger partial charge in [0.25, 0.3) is 0 Å². The van der Waals surface area contributed by atoms with Gasteiger partial charge in [-0.25, -0.2) is 0 Å². The topological polar surface area (TPSA) is 55.6 Å². The van der Waals surface area contributed by atoms with Gasteiger partial charge in [0.1, 0.15) is 0 Å². The van der Waals surface area contributed by atoms with Crippen LogP contribution in [0.2, 0.25) is 0 Å². The van der Waals surface area contributed by atoms with Crippen LogP contribution in [-0.2, 0) is 9.53 Å². The minimum absolute atomic E-state index is 0.0699. The SMILES string of the molecule is CCN(CC1CCCO1)C(=O)C(N)(CC)CC. The number of nitrogens with two attached hydrogens (primary N) is 1. The maximum Gasteiger partial charge on any atom is 0.242 e. The van der Waals surface area contributed by atoms with E-state index >= 15 is 0 Å². The Labute approximate surface area is 104 Å². The van der Waals surface area contributed by atoms with Gasteiger partial charge < -0.3 is 15.4 Å². The van der Waals surface area contributed by atoms with Crippen LogP contribution < -0.4 is 5.73 Å². The molecule has 0 radical (unpaired) electrons. The van der Waals surface area contributed by atoms with Gasteiger partial charge in [-0.3, -0.25) is 4.79 Å². The summed E-state index contributed by atoms with van der Waals surface area (Å²) in [5.74, 6) is 0.0699. The van der Waals surface area contributed by atoms with E-state index in [4.69, 9.17) is 10.5 Å². The number of hydrogen-bond donors (Lipinski definition) is 1. The van der Waals surface area contributed by atoms with Crippen LogP contribution >= 0.6 is 0 Å². The molecule has 1 saturated heterocycles. The van der Waals surface area contributed by atoms with Crippen LogP contribution in [0.1, 0.15) is 46.5 Å². The molecule has 1 aliphatic rings. The highest BCUT2D eigenvalue weighted by molar-refractivity contribution is 5.86. The number of hydrogen-bond acceptors (Lipinski definition) is 3. The number of rotatable bonds is 6. The molecular weight excluding hydrogens is 216 g/mol. The van der Waals surface area contributed by atoms with E-state index in [1.54, 1.807) is 0 Å². The first-order chi connectivity index (χ1) is 8.07. The van der Waals surface area contributed by atoms with Crippen molar-refractivity contribution in [3.63, 3.8) is 0 Å². The van der Waals surface area contributed by atoms with Crippen LogP contribution in [0.5, 0.6) is 0 Å². The largest absolute Gasteiger partial charge is 0.376 e. The average molecular weight is 242 g/mol. The van der Waals surface area contributed by atoms with Crippen molar-refractivity contribution in [2.24, 2.45) is 5.73 Å². The summed E-state index contributed by atoms with van der Waals surface area (Å²) in [6.07, 6.45) is 3.73. The van der Waals surface area contributed by atoms with E-state index in [-0.39, 0.29) is 12.0 Å². The Hall–Kier alpha value is -0.610. The Kier molecular flexibility index (Phi) is 5.40. The fraction of sp³-hybridized carbons (Fsp3) is 0.923. The second-order valence-corrected chi connectivity index (χ2v) is 4.84. The molecule has 1 atom stereocenters. The molecule has 0 saturated carbocycles. The van der Waals surface area contributed by atoms with Crippen molar-refractivity contribution in [2.75, 3.05) is 19.7 Å². The van der Waals surface area contributed by atoms with Crippen LogP contribution in [0.15, 0.2) is 0 Å². The third-order valence-electron chi connectivity index (χ3n) is 3.80. The van der Waals surface area contributed by atoms with E-state index < -0.39 is 5.54 Å². The Morgan fingerprint density at radius 3 is 2.47 bits per heavy atom. The lowest BCUT2D eigenvalue weighted by atomic mass is 9.92. The maximum atomic E-state index is 12.4. The Morgan fingerprint density at radius 1 is 1.41 bits per heavy atom. The Morgan fingerprint density at radius 2 is 2.06 bits per heavy atom. The molecule has 1 amide bonds. The lowest BCUT2D eigenvalue weighted by Gasteiger charge is -2.33. The molecule has 100 valence electrons. The van der Waals surface area contributed by atoms with Gasteiger partial charge in [-0.05, 0) is 32.6 Å². The fourth-order valence-electron chi connectivity index (χ4n) is 2.26. The average Bonchev–Trinajstić information content (AvgIpc) is 2.87. The summed E-state index contributed by atoms with van der Waals surface area (Å²) in [7, 11) is 0. The second kappa shape index (κ2) is 6.36. The number of nitrogens with zero attached hydrogens (tertiary/aromatic N) is 1. The molecule has 1 fully saturated rings. The molecule has 1 rings (SSSR count). The number of carbonyl (C=O) groups excluding carboxylic acids is 1. The van der Waals surface area contributed by atoms with Gasteiger partial charge in [-0.15, -0.1) is 0 Å². The summed E-state index contributed by atoms with van der Waals surface area (Å²) in [4.78, 5) is 14.2. The van der Waals surface area contributed by atoms with Crippen LogP contribution in [0.4, 0.5) is 0 Å². The van der Waals surface area contributed by atoms with Crippen LogP contribution in [0, 0.1) is 0 Å². The van der Waals surface area contributed by atoms with Crippen molar-refractivity contribution in [1.82, 2.24) is 4.90 Å². The minimum Gasteiger partial charge on any atom is -0.376 e. The first kappa shape index (κ1) is 14.5. The van der Waals surface area contributed by atoms with Gasteiger partial charge in [0.2, 0.25) is 5.91 Å². The third kappa shape index (κ3) is 3.42. The lowest BCUT2D eigenvalue weighted by molar-refractivity contribution is -0.138. The molecule has 2 N–H and O–H groups in total. The van der Waals surface area contributed by atoms with Crippen LogP contribution in [0.25, 0.3) is 0 Å². The van der Waals surface area contributed by atoms with Crippen LogP contribution in [0.3, 0.4) is 0 Å². The molecule has 0 aromatic carbocycles. The van der Waals surface area contributed by atoms with Crippen molar-refractivity contribution in [1.29, 1.82) is 0 Å². The van der Waals surface area contributed by atoms with E-state index in [1.807, 2.05) is 25.7 Å². The van der Waals surface area contributed by atoms with Crippen molar-refractivity contribution in [3.8, 4) is 0 Å². The number of amides is 1. The quantitative estimate of drug-likeness (QED) is 0.768. The highest BCUT2D eigenvalue weighted by Gasteiger charge is 2.34. The molecule has 0 aromatic heterocycles. The monoisotopic (exact) mass is 242 g/mol. The summed E-state index contributed by atoms with van der Waals surface area (Å²) in [5, 5.41) is 0. The summed E-state index contributed by atoms with van der Waals surface area (Å²) >= 11 is 0. The van der Waals surface area contributed by atoms with Gasteiger partial charge in [-0.2, -0.15) is 0 Å². The van der Waals surface area contributed by atoms with Gasteiger partial charge in [-0.1, -0.05) is 13.8 Å². The summed E-state index contributed by atoms with van der Waals surface area (Å²) in [6, 6.07) is 0. The van der Waals surface area contributed by atoms with Crippen molar-refractivity contribution in [2.45, 2.75) is 58.1 Å². The van der Waals surface area contributed by atoms with Gasteiger partial charge >= 0.3 is 0 Å². The third-order valence-corrected chi connectivity index (χ3v) is 3.80. The predicted molar refractivity (Wildman–Crippen MR) is 68.7 cm³/mol. The van der Waals surface area contributed by atoms with E-state index in [1.165, 1.54) is 0 Å². The lowest BCUT2D eigenvalue weighted by Crippen LogP contribution is -2.55. The summed E-state index contributed by atoms with van der Waals surface area (Å²) in [5.41, 5.74) is 5.46. The van der Waals surface area contributed by atoms with Crippen molar-refractivity contribution < 1.29 is 9.53 Å². The number of likely N-dealkylation sites (N-methyl/N-ethyl adjacent to an activating group) is 1.